The summed E-state index contributed by atoms with van der Waals surface area (Å²) in [7, 11) is 0. The van der Waals surface area contributed by atoms with Crippen LogP contribution in [0, 0.1) is 18.7 Å². The number of carbonyl (C=O) groups is 1. The lowest BCUT2D eigenvalue weighted by atomic mass is 9.97. The molecule has 3 aromatic rings. The van der Waals surface area contributed by atoms with Crippen molar-refractivity contribution in [1.82, 2.24) is 20.0 Å². The van der Waals surface area contributed by atoms with Gasteiger partial charge in [0.05, 0.1) is 5.69 Å². The summed E-state index contributed by atoms with van der Waals surface area (Å²) in [6.45, 7) is 5.59. The number of benzene rings is 2. The molecule has 30 heavy (non-hydrogen) atoms. The zero-order chi connectivity index (χ0) is 20.9. The number of rotatable bonds is 6. The van der Waals surface area contributed by atoms with Gasteiger partial charge in [0.1, 0.15) is 5.82 Å². The van der Waals surface area contributed by atoms with E-state index in [1.165, 1.54) is 35.4 Å². The van der Waals surface area contributed by atoms with Crippen LogP contribution in [0.15, 0.2) is 60.9 Å². The minimum atomic E-state index is -0.333. The van der Waals surface area contributed by atoms with Crippen molar-refractivity contribution in [2.75, 3.05) is 19.6 Å². The summed E-state index contributed by atoms with van der Waals surface area (Å²) in [6, 6.07) is 14.1. The summed E-state index contributed by atoms with van der Waals surface area (Å²) >= 11 is 0. The molecule has 1 aliphatic heterocycles. The van der Waals surface area contributed by atoms with Crippen molar-refractivity contribution in [2.45, 2.75) is 26.3 Å². The Labute approximate surface area is 176 Å². The number of nitrogens with one attached hydrogen (secondary N) is 1. The van der Waals surface area contributed by atoms with E-state index in [9.17, 15) is 9.18 Å². The van der Waals surface area contributed by atoms with Crippen molar-refractivity contribution in [2.24, 2.45) is 5.92 Å². The van der Waals surface area contributed by atoms with Gasteiger partial charge in [-0.25, -0.2) is 9.07 Å². The molecule has 2 heterocycles. The molecule has 1 aliphatic rings. The van der Waals surface area contributed by atoms with E-state index in [1.807, 2.05) is 16.9 Å². The number of halogens is 1. The lowest BCUT2D eigenvalue weighted by Crippen LogP contribution is -2.40. The molecule has 1 atom stereocenters. The molecule has 0 saturated carbocycles. The van der Waals surface area contributed by atoms with Gasteiger partial charge < -0.3 is 5.32 Å². The zero-order valence-electron chi connectivity index (χ0n) is 17.2. The predicted molar refractivity (Wildman–Crippen MR) is 115 cm³/mol. The van der Waals surface area contributed by atoms with Gasteiger partial charge >= 0.3 is 0 Å². The lowest BCUT2D eigenvalue weighted by molar-refractivity contribution is 0.0930. The van der Waals surface area contributed by atoms with Gasteiger partial charge in [-0.15, -0.1) is 0 Å². The third kappa shape index (κ3) is 4.94. The summed E-state index contributed by atoms with van der Waals surface area (Å²) < 4.78 is 15.0. The van der Waals surface area contributed by atoms with Crippen LogP contribution in [0.1, 0.15) is 34.3 Å². The first-order valence-corrected chi connectivity index (χ1v) is 10.4. The molecule has 6 heteroatoms. The van der Waals surface area contributed by atoms with Crippen LogP contribution >= 0.6 is 0 Å². The van der Waals surface area contributed by atoms with E-state index in [0.717, 1.165) is 38.2 Å². The SMILES string of the molecule is Cc1ccc(-n2cccn2)c(CN2CCCC(CNC(=O)c3ccc(F)cc3)C2)c1. The number of nitrogens with zero attached hydrogens (tertiary/aromatic N) is 3. The molecule has 0 aliphatic carbocycles. The largest absolute Gasteiger partial charge is 0.352 e. The standard InChI is InChI=1S/C24H27FN4O/c1-18-5-10-23(29-13-3-11-27-29)21(14-18)17-28-12-2-4-19(16-28)15-26-24(30)20-6-8-22(25)9-7-20/h3,5-11,13-14,19H,2,4,12,15-17H2,1H3,(H,26,30). The molecule has 1 amide bonds. The van der Waals surface area contributed by atoms with Crippen molar-refractivity contribution in [3.05, 3.63) is 83.4 Å². The second-order valence-corrected chi connectivity index (χ2v) is 8.04. The number of hydrogen-bond donors (Lipinski definition) is 1. The molecule has 0 bridgehead atoms. The van der Waals surface area contributed by atoms with Crippen LogP contribution in [0.5, 0.6) is 0 Å². The monoisotopic (exact) mass is 406 g/mol. The molecular formula is C24H27FN4O. The topological polar surface area (TPSA) is 50.2 Å². The van der Waals surface area contributed by atoms with Gasteiger partial charge in [-0.1, -0.05) is 17.7 Å². The van der Waals surface area contributed by atoms with E-state index in [4.69, 9.17) is 0 Å². The maximum Gasteiger partial charge on any atom is 0.251 e. The zero-order valence-corrected chi connectivity index (χ0v) is 17.2. The average Bonchev–Trinajstić information content (AvgIpc) is 3.27. The van der Waals surface area contributed by atoms with E-state index in [0.29, 0.717) is 18.0 Å². The summed E-state index contributed by atoms with van der Waals surface area (Å²) in [5, 5.41) is 7.41. The van der Waals surface area contributed by atoms with Gasteiger partial charge in [-0.05, 0) is 74.2 Å². The van der Waals surface area contributed by atoms with Crippen LogP contribution in [0.3, 0.4) is 0 Å². The van der Waals surface area contributed by atoms with Crippen molar-refractivity contribution in [1.29, 1.82) is 0 Å². The molecule has 156 valence electrons. The maximum atomic E-state index is 13.0. The Morgan fingerprint density at radius 1 is 1.23 bits per heavy atom. The molecule has 1 aromatic heterocycles. The summed E-state index contributed by atoms with van der Waals surface area (Å²) in [5.74, 6) is -0.0759. The van der Waals surface area contributed by atoms with E-state index >= 15 is 0 Å². The van der Waals surface area contributed by atoms with Crippen LogP contribution in [0.2, 0.25) is 0 Å². The van der Waals surface area contributed by atoms with Gasteiger partial charge in [0, 0.05) is 37.6 Å². The Morgan fingerprint density at radius 3 is 2.83 bits per heavy atom. The molecule has 0 spiro atoms. The maximum absolute atomic E-state index is 13.0. The van der Waals surface area contributed by atoms with Gasteiger partial charge in [-0.2, -0.15) is 5.10 Å². The van der Waals surface area contributed by atoms with Crippen molar-refractivity contribution < 1.29 is 9.18 Å². The summed E-state index contributed by atoms with van der Waals surface area (Å²) in [5.41, 5.74) is 4.10. The van der Waals surface area contributed by atoms with E-state index in [-0.39, 0.29) is 11.7 Å². The van der Waals surface area contributed by atoms with Crippen molar-refractivity contribution in [3.8, 4) is 5.69 Å². The summed E-state index contributed by atoms with van der Waals surface area (Å²) in [4.78, 5) is 14.8. The van der Waals surface area contributed by atoms with Gasteiger partial charge in [0.25, 0.3) is 5.91 Å². The first-order valence-electron chi connectivity index (χ1n) is 10.4. The van der Waals surface area contributed by atoms with Gasteiger partial charge in [-0.3, -0.25) is 9.69 Å². The van der Waals surface area contributed by atoms with E-state index < -0.39 is 0 Å². The highest BCUT2D eigenvalue weighted by Gasteiger charge is 2.22. The first-order chi connectivity index (χ1) is 14.6. The van der Waals surface area contributed by atoms with Crippen LogP contribution in [-0.2, 0) is 6.54 Å². The minimum Gasteiger partial charge on any atom is -0.352 e. The highest BCUT2D eigenvalue weighted by atomic mass is 19.1. The molecule has 1 N–H and O–H groups in total. The molecule has 0 radical (unpaired) electrons. The van der Waals surface area contributed by atoms with E-state index in [1.54, 1.807) is 6.20 Å². The fourth-order valence-corrected chi connectivity index (χ4v) is 4.12. The van der Waals surface area contributed by atoms with Crippen LogP contribution < -0.4 is 5.32 Å². The molecular weight excluding hydrogens is 379 g/mol. The van der Waals surface area contributed by atoms with Crippen LogP contribution in [-0.4, -0.2) is 40.2 Å². The second-order valence-electron chi connectivity index (χ2n) is 8.04. The fourth-order valence-electron chi connectivity index (χ4n) is 4.12. The normalized spacial score (nSPS) is 17.1. The number of piperidine rings is 1. The molecule has 4 rings (SSSR count). The Morgan fingerprint density at radius 2 is 2.07 bits per heavy atom. The Kier molecular flexibility index (Phi) is 6.23. The first kappa shape index (κ1) is 20.3. The van der Waals surface area contributed by atoms with Gasteiger partial charge in [0.2, 0.25) is 0 Å². The van der Waals surface area contributed by atoms with Gasteiger partial charge in [0.15, 0.2) is 0 Å². The number of amides is 1. The van der Waals surface area contributed by atoms with Crippen molar-refractivity contribution >= 4 is 5.91 Å². The highest BCUT2D eigenvalue weighted by molar-refractivity contribution is 5.94. The molecule has 1 unspecified atom stereocenters. The Hall–Kier alpha value is -2.99. The predicted octanol–water partition coefficient (Wildman–Crippen LogP) is 3.96. The average molecular weight is 407 g/mol. The number of aromatic nitrogens is 2. The fraction of sp³-hybridized carbons (Fsp3) is 0.333. The van der Waals surface area contributed by atoms with Crippen molar-refractivity contribution in [3.63, 3.8) is 0 Å². The third-order valence-electron chi connectivity index (χ3n) is 5.64. The van der Waals surface area contributed by atoms with E-state index in [2.05, 4.69) is 40.4 Å². The number of likely N-dealkylation sites (tertiary alicyclic amines) is 1. The molecule has 1 fully saturated rings. The van der Waals surface area contributed by atoms with Crippen LogP contribution in [0.25, 0.3) is 5.69 Å². The summed E-state index contributed by atoms with van der Waals surface area (Å²) in [6.07, 6.45) is 5.97. The second kappa shape index (κ2) is 9.22. The molecule has 5 nitrogen and oxygen atoms in total. The molecule has 1 saturated heterocycles. The Bertz CT molecular complexity index is 985. The molecule has 2 aromatic carbocycles. The number of carbonyl (C=O) groups excluding carboxylic acids is 1. The Balaban J connectivity index is 1.37. The highest BCUT2D eigenvalue weighted by Crippen LogP contribution is 2.22. The minimum absolute atomic E-state index is 0.147. The smallest absolute Gasteiger partial charge is 0.251 e. The third-order valence-corrected chi connectivity index (χ3v) is 5.64. The number of hydrogen-bond acceptors (Lipinski definition) is 3. The lowest BCUT2D eigenvalue weighted by Gasteiger charge is -2.33. The van der Waals surface area contributed by atoms with Crippen LogP contribution in [0.4, 0.5) is 4.39 Å². The quantitative estimate of drug-likeness (QED) is 0.674. The number of aryl methyl sites for hydroxylation is 1.